The van der Waals surface area contributed by atoms with E-state index in [1.165, 1.54) is 116 Å². The first-order chi connectivity index (χ1) is 37.1. The third kappa shape index (κ3) is 32.5. The van der Waals surface area contributed by atoms with Crippen molar-refractivity contribution >= 4 is 5.91 Å². The maximum atomic E-state index is 13.3. The highest BCUT2D eigenvalue weighted by Gasteiger charge is 2.51. The molecule has 9 N–H and O–H groups in total. The average Bonchev–Trinajstić information content (AvgIpc) is 3.42. The predicted molar refractivity (Wildman–Crippen MR) is 304 cm³/mol. The van der Waals surface area contributed by atoms with E-state index in [4.69, 9.17) is 18.9 Å². The quantitative estimate of drug-likeness (QED) is 0.0204. The third-order valence-corrected chi connectivity index (χ3v) is 14.4. The van der Waals surface area contributed by atoms with Gasteiger partial charge in [0.1, 0.15) is 48.8 Å². The third-order valence-electron chi connectivity index (χ3n) is 14.4. The van der Waals surface area contributed by atoms with Crippen molar-refractivity contribution in [1.82, 2.24) is 5.32 Å². The number of carbonyl (C=O) groups is 1. The van der Waals surface area contributed by atoms with Gasteiger partial charge in [0, 0.05) is 6.42 Å². The van der Waals surface area contributed by atoms with Gasteiger partial charge in [-0.05, 0) is 64.2 Å². The summed E-state index contributed by atoms with van der Waals surface area (Å²) in [6.07, 6.45) is 45.0. The Morgan fingerprint density at radius 1 is 0.487 bits per heavy atom. The highest BCUT2D eigenvalue weighted by atomic mass is 16.7. The number of hydrogen-bond donors (Lipinski definition) is 9. The van der Waals surface area contributed by atoms with Crippen LogP contribution in [0.5, 0.6) is 0 Å². The van der Waals surface area contributed by atoms with Gasteiger partial charge in [0.15, 0.2) is 12.6 Å². The van der Waals surface area contributed by atoms with E-state index in [9.17, 15) is 45.6 Å². The number of unbranched alkanes of at least 4 members (excludes halogenated alkanes) is 24. The van der Waals surface area contributed by atoms with Crippen LogP contribution in [0.2, 0.25) is 0 Å². The molecule has 0 aromatic carbocycles. The fourth-order valence-electron chi connectivity index (χ4n) is 9.55. The Bertz CT molecular complexity index is 1550. The number of rotatable bonds is 47. The summed E-state index contributed by atoms with van der Waals surface area (Å²) in [5, 5.41) is 87.1. The molecule has 2 aliphatic rings. The van der Waals surface area contributed by atoms with Crippen LogP contribution < -0.4 is 5.32 Å². The van der Waals surface area contributed by atoms with Crippen LogP contribution in [0.15, 0.2) is 72.9 Å². The second kappa shape index (κ2) is 47.3. The minimum Gasteiger partial charge on any atom is -0.394 e. The number of hydrogen-bond acceptors (Lipinski definition) is 13. The van der Waals surface area contributed by atoms with Gasteiger partial charge in [0.05, 0.1) is 32.0 Å². The van der Waals surface area contributed by atoms with Gasteiger partial charge >= 0.3 is 0 Å². The predicted octanol–water partition coefficient (Wildman–Crippen LogP) is 10.3. The summed E-state index contributed by atoms with van der Waals surface area (Å²) in [6, 6.07) is -0.919. The molecule has 2 rings (SSSR count). The van der Waals surface area contributed by atoms with E-state index in [1.807, 2.05) is 6.08 Å². The lowest BCUT2D eigenvalue weighted by Crippen LogP contribution is -2.65. The molecule has 0 saturated carbocycles. The monoisotopic (exact) mass is 1080 g/mol. The van der Waals surface area contributed by atoms with Crippen molar-refractivity contribution < 1.29 is 64.6 Å². The second-order valence-corrected chi connectivity index (χ2v) is 21.1. The molecule has 440 valence electrons. The summed E-state index contributed by atoms with van der Waals surface area (Å²) in [4.78, 5) is 13.3. The minimum absolute atomic E-state index is 0.245. The van der Waals surface area contributed by atoms with E-state index in [0.29, 0.717) is 6.42 Å². The van der Waals surface area contributed by atoms with Crippen LogP contribution in [0.25, 0.3) is 0 Å². The van der Waals surface area contributed by atoms with Crippen LogP contribution in [0.1, 0.15) is 219 Å². The van der Waals surface area contributed by atoms with Gasteiger partial charge < -0.3 is 65.1 Å². The Kier molecular flexibility index (Phi) is 43.2. The van der Waals surface area contributed by atoms with Crippen LogP contribution in [0.3, 0.4) is 0 Å². The van der Waals surface area contributed by atoms with E-state index in [0.717, 1.165) is 77.0 Å². The Morgan fingerprint density at radius 2 is 0.908 bits per heavy atom. The molecule has 1 amide bonds. The average molecular weight is 1080 g/mol. The fraction of sp³-hybridized carbons (Fsp3) is 0.790. The lowest BCUT2D eigenvalue weighted by Gasteiger charge is -2.46. The molecule has 12 atom stereocenters. The summed E-state index contributed by atoms with van der Waals surface area (Å²) in [7, 11) is 0. The normalized spacial score (nSPS) is 25.4. The summed E-state index contributed by atoms with van der Waals surface area (Å²) < 4.78 is 22.8. The zero-order valence-electron chi connectivity index (χ0n) is 47.2. The SMILES string of the molecule is CC/C=C\C/C=C\C/C=C\C/C=C\C/C=C\CCCCCCCCCCCCCC(=O)NC(COC1OC(CO)C(OC2OC(CO)C(O)C(O)C2O)C(O)C1O)C(O)/C=C/CCCCCCCCCCCCCCC. The van der Waals surface area contributed by atoms with Crippen molar-refractivity contribution in [2.24, 2.45) is 0 Å². The van der Waals surface area contributed by atoms with Crippen molar-refractivity contribution in [3.05, 3.63) is 72.9 Å². The Balaban J connectivity index is 1.73. The van der Waals surface area contributed by atoms with Gasteiger partial charge in [-0.2, -0.15) is 0 Å². The Morgan fingerprint density at radius 3 is 1.39 bits per heavy atom. The Labute approximate surface area is 459 Å². The van der Waals surface area contributed by atoms with Crippen molar-refractivity contribution in [1.29, 1.82) is 0 Å². The molecule has 76 heavy (non-hydrogen) atoms. The molecule has 14 heteroatoms. The van der Waals surface area contributed by atoms with Gasteiger partial charge in [0.2, 0.25) is 5.91 Å². The highest BCUT2D eigenvalue weighted by Crippen LogP contribution is 2.30. The molecule has 12 unspecified atom stereocenters. The van der Waals surface area contributed by atoms with Crippen LogP contribution in [0, 0.1) is 0 Å². The summed E-state index contributed by atoms with van der Waals surface area (Å²) >= 11 is 0. The number of carbonyl (C=O) groups excluding carboxylic acids is 1. The maximum absolute atomic E-state index is 13.3. The number of amides is 1. The van der Waals surface area contributed by atoms with Crippen molar-refractivity contribution in [2.75, 3.05) is 19.8 Å². The highest BCUT2D eigenvalue weighted by molar-refractivity contribution is 5.76. The van der Waals surface area contributed by atoms with Gasteiger partial charge in [0.25, 0.3) is 0 Å². The van der Waals surface area contributed by atoms with E-state index < -0.39 is 86.8 Å². The molecular weight excluding hydrogens is 967 g/mol. The molecule has 0 aromatic rings. The van der Waals surface area contributed by atoms with E-state index >= 15 is 0 Å². The summed E-state index contributed by atoms with van der Waals surface area (Å²) in [6.45, 7) is 2.68. The molecule has 0 radical (unpaired) electrons. The number of aliphatic hydroxyl groups excluding tert-OH is 8. The Hall–Kier alpha value is -2.57. The van der Waals surface area contributed by atoms with Gasteiger partial charge in [-0.25, -0.2) is 0 Å². The van der Waals surface area contributed by atoms with Gasteiger partial charge in [-0.15, -0.1) is 0 Å². The first-order valence-electron chi connectivity index (χ1n) is 30.2. The smallest absolute Gasteiger partial charge is 0.220 e. The summed E-state index contributed by atoms with van der Waals surface area (Å²) in [5.41, 5.74) is 0. The topological polar surface area (TPSA) is 228 Å². The largest absolute Gasteiger partial charge is 0.394 e. The molecular formula is C62H109NO13. The summed E-state index contributed by atoms with van der Waals surface area (Å²) in [5.74, 6) is -0.245. The van der Waals surface area contributed by atoms with Crippen LogP contribution >= 0.6 is 0 Å². The molecule has 2 heterocycles. The molecule has 14 nitrogen and oxygen atoms in total. The zero-order valence-corrected chi connectivity index (χ0v) is 47.2. The zero-order chi connectivity index (χ0) is 55.3. The first-order valence-corrected chi connectivity index (χ1v) is 30.2. The van der Waals surface area contributed by atoms with Crippen LogP contribution in [-0.2, 0) is 23.7 Å². The van der Waals surface area contributed by atoms with Crippen molar-refractivity contribution in [3.63, 3.8) is 0 Å². The van der Waals surface area contributed by atoms with E-state index in [2.05, 4.69) is 79.9 Å². The number of allylic oxidation sites excluding steroid dienone is 11. The molecule has 2 aliphatic heterocycles. The minimum atomic E-state index is -1.79. The van der Waals surface area contributed by atoms with E-state index in [-0.39, 0.29) is 18.9 Å². The molecule has 0 aromatic heterocycles. The number of nitrogens with one attached hydrogen (secondary N) is 1. The lowest BCUT2D eigenvalue weighted by molar-refractivity contribution is -0.359. The number of aliphatic hydroxyl groups is 8. The molecule has 0 aliphatic carbocycles. The van der Waals surface area contributed by atoms with Crippen molar-refractivity contribution in [2.45, 2.75) is 293 Å². The second-order valence-electron chi connectivity index (χ2n) is 21.1. The molecule has 0 spiro atoms. The van der Waals surface area contributed by atoms with E-state index in [1.54, 1.807) is 6.08 Å². The fourth-order valence-corrected chi connectivity index (χ4v) is 9.55. The van der Waals surface area contributed by atoms with Crippen molar-refractivity contribution in [3.8, 4) is 0 Å². The standard InChI is InChI=1S/C62H109NO13/c1-3-5-7-9-11-13-15-17-19-20-21-22-23-24-25-26-27-28-29-30-32-34-36-38-40-42-44-46-54(67)63-50(51(66)45-43-41-39-37-35-33-31-18-16-14-12-10-8-6-4-2)49-73-61-59(72)57(70)60(53(48-65)75-61)76-62-58(71)56(69)55(68)52(47-64)74-62/h5,7,11,13,17,19,21-22,24-25,43,45,50-53,55-62,64-66,68-72H,3-4,6,8-10,12,14-16,18,20,23,26-42,44,46-49H2,1-2H3,(H,63,67)/b7-5-,13-11-,19-17-,22-21-,25-24-,45-43+. The number of ether oxygens (including phenoxy) is 4. The maximum Gasteiger partial charge on any atom is 0.220 e. The molecule has 0 bridgehead atoms. The lowest BCUT2D eigenvalue weighted by atomic mass is 9.97. The molecule has 2 saturated heterocycles. The molecule has 2 fully saturated rings. The first kappa shape index (κ1) is 69.5. The van der Waals surface area contributed by atoms with Crippen LogP contribution in [-0.4, -0.2) is 140 Å². The van der Waals surface area contributed by atoms with Crippen LogP contribution in [0.4, 0.5) is 0 Å². The van der Waals surface area contributed by atoms with Gasteiger partial charge in [-0.3, -0.25) is 4.79 Å². The van der Waals surface area contributed by atoms with Gasteiger partial charge in [-0.1, -0.05) is 222 Å².